The number of hydrogen-bond acceptors (Lipinski definition) is 3. The summed E-state index contributed by atoms with van der Waals surface area (Å²) < 4.78 is 13.4. The average Bonchev–Trinajstić information content (AvgIpc) is 2.27. The van der Waals surface area contributed by atoms with E-state index in [1.807, 2.05) is 26.8 Å². The Morgan fingerprint density at radius 2 is 1.89 bits per heavy atom. The lowest BCUT2D eigenvalue weighted by molar-refractivity contribution is 0.627. The second kappa shape index (κ2) is 4.72. The van der Waals surface area contributed by atoms with Crippen molar-refractivity contribution in [3.05, 3.63) is 40.8 Å². The molecule has 0 atom stereocenters. The van der Waals surface area contributed by atoms with Gasteiger partial charge in [-0.3, -0.25) is 0 Å². The molecule has 0 amide bonds. The van der Waals surface area contributed by atoms with Crippen molar-refractivity contribution in [2.45, 2.75) is 27.2 Å². The van der Waals surface area contributed by atoms with Gasteiger partial charge >= 0.3 is 0 Å². The number of aromatic nitrogens is 2. The average molecular weight is 245 g/mol. The number of halogens is 1. The monoisotopic (exact) mass is 245 g/mol. The maximum absolute atomic E-state index is 13.4. The van der Waals surface area contributed by atoms with E-state index in [0.29, 0.717) is 17.2 Å². The van der Waals surface area contributed by atoms with E-state index in [4.69, 9.17) is 5.73 Å². The van der Waals surface area contributed by atoms with Crippen molar-refractivity contribution in [1.82, 2.24) is 9.97 Å². The molecule has 0 aliphatic carbocycles. The summed E-state index contributed by atoms with van der Waals surface area (Å²) in [7, 11) is 0. The Kier molecular flexibility index (Phi) is 3.28. The first kappa shape index (κ1) is 12.5. The second-order valence-electron chi connectivity index (χ2n) is 4.37. The van der Waals surface area contributed by atoms with Gasteiger partial charge in [0, 0.05) is 16.8 Å². The van der Waals surface area contributed by atoms with Crippen LogP contribution in [0.25, 0.3) is 11.4 Å². The molecule has 0 aliphatic rings. The van der Waals surface area contributed by atoms with Crippen LogP contribution in [0.2, 0.25) is 0 Å². The molecule has 0 bridgehead atoms. The van der Waals surface area contributed by atoms with E-state index < -0.39 is 0 Å². The third-order valence-electron chi connectivity index (χ3n) is 2.90. The van der Waals surface area contributed by atoms with Crippen LogP contribution in [0.4, 0.5) is 10.2 Å². The van der Waals surface area contributed by atoms with Crippen molar-refractivity contribution in [3.63, 3.8) is 0 Å². The lowest BCUT2D eigenvalue weighted by atomic mass is 10.1. The standard InChI is InChI=1S/C14H16FN3/c1-4-12-9(3)17-14(18-13(12)16)10-5-8(2)6-11(15)7-10/h5-7H,4H2,1-3H3,(H2,16,17,18). The summed E-state index contributed by atoms with van der Waals surface area (Å²) in [5, 5.41) is 0. The molecular formula is C14H16FN3. The van der Waals surface area contributed by atoms with E-state index in [-0.39, 0.29) is 5.82 Å². The molecule has 0 saturated heterocycles. The van der Waals surface area contributed by atoms with Gasteiger partial charge in [-0.15, -0.1) is 0 Å². The van der Waals surface area contributed by atoms with Crippen LogP contribution in [0.3, 0.4) is 0 Å². The number of rotatable bonds is 2. The van der Waals surface area contributed by atoms with Crippen molar-refractivity contribution >= 4 is 5.82 Å². The predicted octanol–water partition coefficient (Wildman–Crippen LogP) is 3.04. The summed E-state index contributed by atoms with van der Waals surface area (Å²) in [6.07, 6.45) is 0.792. The smallest absolute Gasteiger partial charge is 0.161 e. The zero-order valence-corrected chi connectivity index (χ0v) is 10.8. The van der Waals surface area contributed by atoms with E-state index in [9.17, 15) is 4.39 Å². The predicted molar refractivity (Wildman–Crippen MR) is 70.7 cm³/mol. The molecule has 0 unspecified atom stereocenters. The summed E-state index contributed by atoms with van der Waals surface area (Å²) in [6, 6.07) is 4.75. The van der Waals surface area contributed by atoms with Gasteiger partial charge in [0.1, 0.15) is 11.6 Å². The fourth-order valence-corrected chi connectivity index (χ4v) is 2.05. The fraction of sp³-hybridized carbons (Fsp3) is 0.286. The summed E-state index contributed by atoms with van der Waals surface area (Å²) in [4.78, 5) is 8.66. The van der Waals surface area contributed by atoms with Gasteiger partial charge in [-0.2, -0.15) is 0 Å². The number of nitrogen functional groups attached to an aromatic ring is 1. The molecule has 3 nitrogen and oxygen atoms in total. The zero-order chi connectivity index (χ0) is 13.3. The van der Waals surface area contributed by atoms with Gasteiger partial charge < -0.3 is 5.73 Å². The van der Waals surface area contributed by atoms with E-state index in [2.05, 4.69) is 9.97 Å². The van der Waals surface area contributed by atoms with Crippen LogP contribution in [0.5, 0.6) is 0 Å². The summed E-state index contributed by atoms with van der Waals surface area (Å²) in [6.45, 7) is 5.74. The van der Waals surface area contributed by atoms with Gasteiger partial charge in [0.25, 0.3) is 0 Å². The zero-order valence-electron chi connectivity index (χ0n) is 10.8. The minimum Gasteiger partial charge on any atom is -0.383 e. The fourth-order valence-electron chi connectivity index (χ4n) is 2.05. The Morgan fingerprint density at radius 1 is 1.17 bits per heavy atom. The van der Waals surface area contributed by atoms with Crippen LogP contribution >= 0.6 is 0 Å². The maximum atomic E-state index is 13.4. The van der Waals surface area contributed by atoms with Crippen molar-refractivity contribution in [1.29, 1.82) is 0 Å². The van der Waals surface area contributed by atoms with Crippen molar-refractivity contribution in [2.75, 3.05) is 5.73 Å². The first-order valence-corrected chi connectivity index (χ1v) is 5.91. The Labute approximate surface area is 106 Å². The molecule has 18 heavy (non-hydrogen) atoms. The second-order valence-corrected chi connectivity index (χ2v) is 4.37. The summed E-state index contributed by atoms with van der Waals surface area (Å²) in [5.74, 6) is 0.663. The molecule has 2 N–H and O–H groups in total. The van der Waals surface area contributed by atoms with Crippen LogP contribution in [0.15, 0.2) is 18.2 Å². The highest BCUT2D eigenvalue weighted by atomic mass is 19.1. The van der Waals surface area contributed by atoms with E-state index in [1.165, 1.54) is 12.1 Å². The molecule has 0 fully saturated rings. The first-order valence-electron chi connectivity index (χ1n) is 5.91. The summed E-state index contributed by atoms with van der Waals surface area (Å²) >= 11 is 0. The molecule has 1 aromatic carbocycles. The van der Waals surface area contributed by atoms with Gasteiger partial charge in [-0.05, 0) is 44.0 Å². The number of aryl methyl sites for hydroxylation is 2. The van der Waals surface area contributed by atoms with Crippen molar-refractivity contribution in [2.24, 2.45) is 0 Å². The molecule has 0 aliphatic heterocycles. The molecule has 0 saturated carbocycles. The normalized spacial score (nSPS) is 10.7. The molecule has 1 aromatic heterocycles. The van der Waals surface area contributed by atoms with E-state index in [0.717, 1.165) is 23.2 Å². The van der Waals surface area contributed by atoms with Gasteiger partial charge in [-0.1, -0.05) is 6.92 Å². The minimum atomic E-state index is -0.288. The molecular weight excluding hydrogens is 229 g/mol. The Balaban J connectivity index is 2.58. The Morgan fingerprint density at radius 3 is 2.44 bits per heavy atom. The van der Waals surface area contributed by atoms with Crippen LogP contribution in [-0.4, -0.2) is 9.97 Å². The quantitative estimate of drug-likeness (QED) is 0.884. The first-order chi connectivity index (χ1) is 8.51. The maximum Gasteiger partial charge on any atom is 0.161 e. The van der Waals surface area contributed by atoms with Gasteiger partial charge in [0.2, 0.25) is 0 Å². The largest absolute Gasteiger partial charge is 0.383 e. The van der Waals surface area contributed by atoms with E-state index >= 15 is 0 Å². The molecule has 94 valence electrons. The number of nitrogens with two attached hydrogens (primary N) is 1. The van der Waals surface area contributed by atoms with Gasteiger partial charge in [-0.25, -0.2) is 14.4 Å². The number of nitrogens with zero attached hydrogens (tertiary/aromatic N) is 2. The highest BCUT2D eigenvalue weighted by Crippen LogP contribution is 2.22. The van der Waals surface area contributed by atoms with Crippen molar-refractivity contribution in [3.8, 4) is 11.4 Å². The number of hydrogen-bond donors (Lipinski definition) is 1. The molecule has 0 radical (unpaired) electrons. The molecule has 2 rings (SSSR count). The molecule has 4 heteroatoms. The van der Waals surface area contributed by atoms with Crippen LogP contribution in [-0.2, 0) is 6.42 Å². The molecule has 0 spiro atoms. The molecule has 2 aromatic rings. The van der Waals surface area contributed by atoms with Crippen LogP contribution in [0, 0.1) is 19.7 Å². The highest BCUT2D eigenvalue weighted by molar-refractivity contribution is 5.59. The van der Waals surface area contributed by atoms with Crippen molar-refractivity contribution < 1.29 is 4.39 Å². The van der Waals surface area contributed by atoms with E-state index in [1.54, 1.807) is 0 Å². The van der Waals surface area contributed by atoms with Gasteiger partial charge in [0.15, 0.2) is 5.82 Å². The lowest BCUT2D eigenvalue weighted by Crippen LogP contribution is -2.04. The third-order valence-corrected chi connectivity index (χ3v) is 2.90. The Bertz CT molecular complexity index is 550. The lowest BCUT2D eigenvalue weighted by Gasteiger charge is -2.09. The topological polar surface area (TPSA) is 51.8 Å². The number of anilines is 1. The van der Waals surface area contributed by atoms with Crippen LogP contribution in [0.1, 0.15) is 23.7 Å². The summed E-state index contributed by atoms with van der Waals surface area (Å²) in [5.41, 5.74) is 9.20. The minimum absolute atomic E-state index is 0.288. The number of benzene rings is 1. The highest BCUT2D eigenvalue weighted by Gasteiger charge is 2.10. The van der Waals surface area contributed by atoms with Gasteiger partial charge in [0.05, 0.1) is 0 Å². The SMILES string of the molecule is CCc1c(C)nc(-c2cc(C)cc(F)c2)nc1N. The third kappa shape index (κ3) is 2.32. The van der Waals surface area contributed by atoms with Crippen LogP contribution < -0.4 is 5.73 Å². The molecule has 1 heterocycles. The Hall–Kier alpha value is -1.97.